The lowest BCUT2D eigenvalue weighted by molar-refractivity contribution is -0.151. The van der Waals surface area contributed by atoms with Crippen LogP contribution in [0.1, 0.15) is 49.4 Å². The number of H-pyrrole nitrogens is 1. The minimum Gasteiger partial charge on any atom is -0.338 e. The van der Waals surface area contributed by atoms with Crippen molar-refractivity contribution in [2.75, 3.05) is 10.6 Å². The lowest BCUT2D eigenvalue weighted by atomic mass is 9.45. The van der Waals surface area contributed by atoms with Gasteiger partial charge in [-0.3, -0.25) is 9.59 Å². The van der Waals surface area contributed by atoms with Crippen LogP contribution in [0.25, 0.3) is 22.4 Å². The molecule has 4 fully saturated rings. The summed E-state index contributed by atoms with van der Waals surface area (Å²) in [6.07, 6.45) is 7.68. The maximum Gasteiger partial charge on any atom is 0.256 e. The first-order valence-electron chi connectivity index (χ1n) is 13.6. The van der Waals surface area contributed by atoms with Gasteiger partial charge in [0.25, 0.3) is 5.91 Å². The van der Waals surface area contributed by atoms with Crippen LogP contribution in [-0.2, 0) is 4.79 Å². The van der Waals surface area contributed by atoms with Crippen molar-refractivity contribution in [1.82, 2.24) is 15.0 Å². The molecule has 4 aliphatic carbocycles. The molecule has 2 aromatic carbocycles. The van der Waals surface area contributed by atoms with Gasteiger partial charge in [-0.15, -0.1) is 0 Å². The van der Waals surface area contributed by atoms with E-state index in [1.807, 2.05) is 36.4 Å². The third kappa shape index (κ3) is 3.88. The van der Waals surface area contributed by atoms with E-state index in [1.54, 1.807) is 30.5 Å². The average molecular weight is 506 g/mol. The highest BCUT2D eigenvalue weighted by Gasteiger charge is 2.58. The van der Waals surface area contributed by atoms with Crippen molar-refractivity contribution < 1.29 is 9.59 Å². The second kappa shape index (κ2) is 8.79. The molecule has 3 unspecified atom stereocenters. The fourth-order valence-electron chi connectivity index (χ4n) is 7.57. The molecule has 4 saturated carbocycles. The van der Waals surface area contributed by atoms with Gasteiger partial charge >= 0.3 is 0 Å². The Hall–Kier alpha value is -4.00. The van der Waals surface area contributed by atoms with Gasteiger partial charge in [0, 0.05) is 23.0 Å². The van der Waals surface area contributed by atoms with Crippen molar-refractivity contribution in [1.29, 1.82) is 0 Å². The van der Waals surface area contributed by atoms with Crippen molar-refractivity contribution >= 4 is 34.4 Å². The third-order valence-corrected chi connectivity index (χ3v) is 9.34. The molecule has 0 aliphatic heterocycles. The lowest BCUT2D eigenvalue weighted by Crippen LogP contribution is -2.56. The summed E-state index contributed by atoms with van der Waals surface area (Å²) in [5.74, 6) is 3.83. The van der Waals surface area contributed by atoms with Gasteiger partial charge in [0.15, 0.2) is 0 Å². The number of imidazole rings is 1. The molecule has 7 heteroatoms. The van der Waals surface area contributed by atoms with Crippen LogP contribution in [0.2, 0.25) is 0 Å². The van der Waals surface area contributed by atoms with Crippen LogP contribution in [0.3, 0.4) is 0 Å². The molecule has 2 amide bonds. The van der Waals surface area contributed by atoms with Gasteiger partial charge in [-0.2, -0.15) is 0 Å². The van der Waals surface area contributed by atoms with Gasteiger partial charge in [0.05, 0.1) is 16.4 Å². The summed E-state index contributed by atoms with van der Waals surface area (Å²) in [4.78, 5) is 38.4. The molecular weight excluding hydrogens is 474 g/mol. The quantitative estimate of drug-likeness (QED) is 0.297. The predicted molar refractivity (Wildman–Crippen MR) is 148 cm³/mol. The Labute approximate surface area is 221 Å². The summed E-state index contributed by atoms with van der Waals surface area (Å²) < 4.78 is 0. The summed E-state index contributed by atoms with van der Waals surface area (Å²) in [6.45, 7) is 2.31. The van der Waals surface area contributed by atoms with Gasteiger partial charge in [-0.25, -0.2) is 9.97 Å². The Bertz CT molecular complexity index is 1510. The number of rotatable bonds is 5. The second-order valence-corrected chi connectivity index (χ2v) is 11.6. The zero-order valence-electron chi connectivity index (χ0n) is 21.4. The van der Waals surface area contributed by atoms with E-state index in [0.29, 0.717) is 23.2 Å². The summed E-state index contributed by atoms with van der Waals surface area (Å²) in [7, 11) is 0. The number of hydrogen-bond acceptors (Lipinski definition) is 4. The standard InChI is InChI=1S/C31H31N5O2/c1-18-23-13-19-12-20(14-23)17-31(18,16-19)30(38)33-24-8-5-21(6-9-24)28-34-25-10-7-22(15-26(25)35-28)29(37)36-27-4-2-3-11-32-27/h2-11,15,18-20,23H,12-14,16-17H2,1H3,(H,33,38)(H,34,35)(H,32,36,37). The van der Waals surface area contributed by atoms with Gasteiger partial charge < -0.3 is 15.6 Å². The van der Waals surface area contributed by atoms with Crippen molar-refractivity contribution in [3.05, 3.63) is 72.4 Å². The largest absolute Gasteiger partial charge is 0.338 e. The van der Waals surface area contributed by atoms with E-state index in [0.717, 1.165) is 52.8 Å². The van der Waals surface area contributed by atoms with Gasteiger partial charge in [0.2, 0.25) is 5.91 Å². The van der Waals surface area contributed by atoms with Gasteiger partial charge in [-0.1, -0.05) is 13.0 Å². The smallest absolute Gasteiger partial charge is 0.256 e. The Morgan fingerprint density at radius 3 is 2.47 bits per heavy atom. The number of carbonyl (C=O) groups excluding carboxylic acids is 2. The van der Waals surface area contributed by atoms with Crippen LogP contribution in [0.4, 0.5) is 11.5 Å². The third-order valence-electron chi connectivity index (χ3n) is 9.34. The molecule has 3 atom stereocenters. The van der Waals surface area contributed by atoms with E-state index >= 15 is 0 Å². The molecule has 7 nitrogen and oxygen atoms in total. The van der Waals surface area contributed by atoms with E-state index in [4.69, 9.17) is 4.98 Å². The SMILES string of the molecule is CC1C2CC3CC(C2)CC1(C(=O)Nc1ccc(-c2nc4ccc(C(=O)Nc5ccccn5)cc4[nH]2)cc1)C3. The van der Waals surface area contributed by atoms with E-state index in [2.05, 4.69) is 27.5 Å². The lowest BCUT2D eigenvalue weighted by Gasteiger charge is -2.59. The van der Waals surface area contributed by atoms with E-state index in [-0.39, 0.29) is 17.2 Å². The highest BCUT2D eigenvalue weighted by atomic mass is 16.2. The van der Waals surface area contributed by atoms with Crippen molar-refractivity contribution in [3.8, 4) is 11.4 Å². The number of amides is 2. The predicted octanol–water partition coefficient (Wildman–Crippen LogP) is 6.28. The van der Waals surface area contributed by atoms with Crippen LogP contribution < -0.4 is 10.6 Å². The molecule has 192 valence electrons. The number of fused-ring (bicyclic) bond motifs is 1. The van der Waals surface area contributed by atoms with Crippen LogP contribution >= 0.6 is 0 Å². The highest BCUT2D eigenvalue weighted by Crippen LogP contribution is 2.63. The minimum absolute atomic E-state index is 0.202. The molecule has 38 heavy (non-hydrogen) atoms. The molecule has 4 bridgehead atoms. The first-order chi connectivity index (χ1) is 18.5. The molecule has 4 aromatic rings. The summed E-state index contributed by atoms with van der Waals surface area (Å²) >= 11 is 0. The maximum atomic E-state index is 13.6. The Kier molecular flexibility index (Phi) is 5.35. The molecular formula is C31H31N5O2. The number of anilines is 2. The summed E-state index contributed by atoms with van der Waals surface area (Å²) in [5.41, 5.74) is 3.63. The Balaban J connectivity index is 1.07. The number of nitrogens with zero attached hydrogens (tertiary/aromatic N) is 2. The Morgan fingerprint density at radius 1 is 0.947 bits per heavy atom. The molecule has 3 N–H and O–H groups in total. The number of aromatic nitrogens is 3. The van der Waals surface area contributed by atoms with Crippen LogP contribution in [-0.4, -0.2) is 26.8 Å². The fraction of sp³-hybridized carbons (Fsp3) is 0.355. The number of hydrogen-bond donors (Lipinski definition) is 3. The van der Waals surface area contributed by atoms with E-state index in [9.17, 15) is 9.59 Å². The molecule has 0 spiro atoms. The monoisotopic (exact) mass is 505 g/mol. The van der Waals surface area contributed by atoms with Gasteiger partial charge in [-0.05, 0) is 110 Å². The first kappa shape index (κ1) is 23.1. The van der Waals surface area contributed by atoms with Crippen LogP contribution in [0, 0.1) is 29.1 Å². The topological polar surface area (TPSA) is 99.8 Å². The average Bonchev–Trinajstić information content (AvgIpc) is 3.35. The van der Waals surface area contributed by atoms with Crippen molar-refractivity contribution in [3.63, 3.8) is 0 Å². The normalized spacial score (nSPS) is 27.4. The Morgan fingerprint density at radius 2 is 1.74 bits per heavy atom. The number of pyridine rings is 1. The first-order valence-corrected chi connectivity index (χ1v) is 13.6. The van der Waals surface area contributed by atoms with Gasteiger partial charge in [0.1, 0.15) is 11.6 Å². The molecule has 0 radical (unpaired) electrons. The van der Waals surface area contributed by atoms with Crippen LogP contribution in [0.15, 0.2) is 66.9 Å². The zero-order chi connectivity index (χ0) is 25.9. The van der Waals surface area contributed by atoms with E-state index < -0.39 is 0 Å². The molecule has 4 aliphatic rings. The van der Waals surface area contributed by atoms with Crippen LogP contribution in [0.5, 0.6) is 0 Å². The minimum atomic E-state index is -0.227. The highest BCUT2D eigenvalue weighted by molar-refractivity contribution is 6.05. The molecule has 0 saturated heterocycles. The number of benzene rings is 2. The maximum absolute atomic E-state index is 13.6. The second-order valence-electron chi connectivity index (χ2n) is 11.6. The summed E-state index contributed by atoms with van der Waals surface area (Å²) in [5, 5.41) is 6.06. The number of aromatic amines is 1. The van der Waals surface area contributed by atoms with Crippen molar-refractivity contribution in [2.24, 2.45) is 29.1 Å². The van der Waals surface area contributed by atoms with Crippen molar-refractivity contribution in [2.45, 2.75) is 39.0 Å². The molecule has 2 heterocycles. The number of carbonyl (C=O) groups is 2. The number of nitrogens with one attached hydrogen (secondary N) is 3. The zero-order valence-corrected chi connectivity index (χ0v) is 21.4. The van der Waals surface area contributed by atoms with E-state index in [1.165, 1.54) is 19.3 Å². The molecule has 8 rings (SSSR count). The summed E-state index contributed by atoms with van der Waals surface area (Å²) in [6, 6.07) is 18.6. The fourth-order valence-corrected chi connectivity index (χ4v) is 7.57. The molecule has 2 aromatic heterocycles.